The van der Waals surface area contributed by atoms with E-state index in [4.69, 9.17) is 11.6 Å². The molecule has 0 spiro atoms. The number of fused-ring (bicyclic) bond motifs is 2. The molecule has 3 nitrogen and oxygen atoms in total. The molecule has 1 aliphatic carbocycles. The van der Waals surface area contributed by atoms with Gasteiger partial charge < -0.3 is 9.47 Å². The van der Waals surface area contributed by atoms with Crippen LogP contribution in [0.1, 0.15) is 42.6 Å². The summed E-state index contributed by atoms with van der Waals surface area (Å²) in [6.45, 7) is 2.46. The van der Waals surface area contributed by atoms with E-state index < -0.39 is 0 Å². The number of carbonyl (C=O) groups is 1. The van der Waals surface area contributed by atoms with Crippen LogP contribution in [0, 0.1) is 17.8 Å². The van der Waals surface area contributed by atoms with E-state index in [0.717, 1.165) is 33.5 Å². The molecule has 0 bridgehead atoms. The first kappa shape index (κ1) is 17.1. The molecule has 0 N–H and O–H groups in total. The lowest BCUT2D eigenvalue weighted by molar-refractivity contribution is 0.0704. The zero-order chi connectivity index (χ0) is 17.6. The predicted octanol–water partition coefficient (Wildman–Crippen LogP) is 4.77. The Balaban J connectivity index is 1.46. The summed E-state index contributed by atoms with van der Waals surface area (Å²) in [7, 11) is 4.22. The van der Waals surface area contributed by atoms with Gasteiger partial charge in [-0.2, -0.15) is 0 Å². The van der Waals surface area contributed by atoms with Gasteiger partial charge in [0.1, 0.15) is 0 Å². The van der Waals surface area contributed by atoms with Crippen molar-refractivity contribution in [3.8, 4) is 0 Å². The van der Waals surface area contributed by atoms with Crippen LogP contribution in [0.4, 0.5) is 0 Å². The van der Waals surface area contributed by atoms with Crippen molar-refractivity contribution in [2.75, 3.05) is 20.1 Å². The molecule has 4 rings (SSSR count). The summed E-state index contributed by atoms with van der Waals surface area (Å²) in [6, 6.07) is 7.83. The van der Waals surface area contributed by atoms with E-state index in [1.807, 2.05) is 35.9 Å². The van der Waals surface area contributed by atoms with Crippen LogP contribution in [0.5, 0.6) is 0 Å². The molecule has 1 aliphatic heterocycles. The second kappa shape index (κ2) is 6.77. The van der Waals surface area contributed by atoms with Crippen LogP contribution < -0.4 is 0 Å². The third kappa shape index (κ3) is 3.37. The molecule has 2 aliphatic rings. The Kier molecular flexibility index (Phi) is 4.63. The minimum atomic E-state index is 0.284. The molecule has 4 heteroatoms. The first-order chi connectivity index (χ1) is 12.0. The van der Waals surface area contributed by atoms with Crippen molar-refractivity contribution in [1.29, 1.82) is 0 Å². The van der Waals surface area contributed by atoms with E-state index in [9.17, 15) is 4.79 Å². The maximum atomic E-state index is 12.9. The Morgan fingerprint density at radius 2 is 2.00 bits per heavy atom. The SMILES string of the molecule is CN1CC[C@H]2C[C@H](CC(=O)c3cc4cc(Cl)ccc4n3C)CC[C@@H]2C1. The van der Waals surface area contributed by atoms with Crippen molar-refractivity contribution in [3.05, 3.63) is 35.0 Å². The summed E-state index contributed by atoms with van der Waals surface area (Å²) in [5.41, 5.74) is 1.90. The van der Waals surface area contributed by atoms with Crippen LogP contribution in [0.15, 0.2) is 24.3 Å². The second-order valence-electron chi connectivity index (χ2n) is 8.17. The first-order valence-corrected chi connectivity index (χ1v) is 9.86. The van der Waals surface area contributed by atoms with Crippen molar-refractivity contribution in [2.45, 2.75) is 32.1 Å². The Labute approximate surface area is 154 Å². The number of Topliss-reactive ketones (excluding diaryl/α,β-unsaturated/α-hetero) is 1. The van der Waals surface area contributed by atoms with Crippen molar-refractivity contribution in [3.63, 3.8) is 0 Å². The molecule has 1 aromatic heterocycles. The van der Waals surface area contributed by atoms with Gasteiger partial charge in [-0.1, -0.05) is 11.6 Å². The predicted molar refractivity (Wildman–Crippen MR) is 103 cm³/mol. The van der Waals surface area contributed by atoms with E-state index in [1.165, 1.54) is 38.8 Å². The summed E-state index contributed by atoms with van der Waals surface area (Å²) in [4.78, 5) is 15.4. The minimum absolute atomic E-state index is 0.284. The number of aromatic nitrogens is 1. The van der Waals surface area contributed by atoms with Crippen LogP contribution in [-0.4, -0.2) is 35.4 Å². The lowest BCUT2D eigenvalue weighted by Gasteiger charge is -2.42. The first-order valence-electron chi connectivity index (χ1n) is 9.48. The molecule has 1 saturated carbocycles. The number of carbonyl (C=O) groups excluding carboxylic acids is 1. The number of benzene rings is 1. The van der Waals surface area contributed by atoms with E-state index in [1.54, 1.807) is 0 Å². The van der Waals surface area contributed by atoms with Gasteiger partial charge in [0.2, 0.25) is 0 Å². The lowest BCUT2D eigenvalue weighted by Crippen LogP contribution is -2.41. The molecule has 0 radical (unpaired) electrons. The number of aryl methyl sites for hydroxylation is 1. The van der Waals surface area contributed by atoms with Gasteiger partial charge in [0, 0.05) is 35.9 Å². The number of hydrogen-bond acceptors (Lipinski definition) is 2. The molecule has 0 amide bonds. The summed E-state index contributed by atoms with van der Waals surface area (Å²) in [6.07, 6.45) is 5.73. The van der Waals surface area contributed by atoms with Gasteiger partial charge in [0.05, 0.1) is 5.69 Å². The Hall–Kier alpha value is -1.32. The van der Waals surface area contributed by atoms with Gasteiger partial charge >= 0.3 is 0 Å². The zero-order valence-electron chi connectivity index (χ0n) is 15.2. The van der Waals surface area contributed by atoms with Crippen LogP contribution in [0.2, 0.25) is 5.02 Å². The minimum Gasteiger partial charge on any atom is -0.341 e. The zero-order valence-corrected chi connectivity index (χ0v) is 15.9. The summed E-state index contributed by atoms with van der Waals surface area (Å²) < 4.78 is 2.02. The van der Waals surface area contributed by atoms with Gasteiger partial charge in [-0.25, -0.2) is 0 Å². The summed E-state index contributed by atoms with van der Waals surface area (Å²) in [5, 5.41) is 1.77. The van der Waals surface area contributed by atoms with Crippen molar-refractivity contribution in [2.24, 2.45) is 24.8 Å². The topological polar surface area (TPSA) is 25.2 Å². The average Bonchev–Trinajstić information content (AvgIpc) is 2.91. The third-order valence-electron chi connectivity index (χ3n) is 6.44. The molecule has 0 unspecified atom stereocenters. The maximum Gasteiger partial charge on any atom is 0.179 e. The van der Waals surface area contributed by atoms with E-state index in [-0.39, 0.29) is 5.78 Å². The molecule has 3 atom stereocenters. The normalized spacial score (nSPS) is 27.4. The van der Waals surface area contributed by atoms with E-state index in [0.29, 0.717) is 12.3 Å². The summed E-state index contributed by atoms with van der Waals surface area (Å²) >= 11 is 6.09. The van der Waals surface area contributed by atoms with Gasteiger partial charge in [-0.05, 0) is 81.3 Å². The Morgan fingerprint density at radius 3 is 2.84 bits per heavy atom. The number of halogens is 1. The molecular formula is C21H27ClN2O. The van der Waals surface area contributed by atoms with Crippen LogP contribution in [0.25, 0.3) is 10.9 Å². The quantitative estimate of drug-likeness (QED) is 0.738. The fourth-order valence-electron chi connectivity index (χ4n) is 5.04. The highest BCUT2D eigenvalue weighted by molar-refractivity contribution is 6.31. The molecule has 2 fully saturated rings. The van der Waals surface area contributed by atoms with Gasteiger partial charge in [-0.3, -0.25) is 4.79 Å². The monoisotopic (exact) mass is 358 g/mol. The number of piperidine rings is 1. The molecule has 134 valence electrons. The highest BCUT2D eigenvalue weighted by atomic mass is 35.5. The van der Waals surface area contributed by atoms with Crippen molar-refractivity contribution < 1.29 is 4.79 Å². The molecule has 1 aromatic carbocycles. The molecule has 2 heterocycles. The van der Waals surface area contributed by atoms with Crippen LogP contribution in [0.3, 0.4) is 0 Å². The van der Waals surface area contributed by atoms with Crippen molar-refractivity contribution in [1.82, 2.24) is 9.47 Å². The Bertz CT molecular complexity index is 797. The van der Waals surface area contributed by atoms with E-state index >= 15 is 0 Å². The number of likely N-dealkylation sites (tertiary alicyclic amines) is 1. The highest BCUT2D eigenvalue weighted by Gasteiger charge is 2.34. The number of ketones is 1. The molecular weight excluding hydrogens is 332 g/mol. The third-order valence-corrected chi connectivity index (χ3v) is 6.68. The number of rotatable bonds is 3. The average molecular weight is 359 g/mol. The van der Waals surface area contributed by atoms with E-state index in [2.05, 4.69) is 11.9 Å². The number of hydrogen-bond donors (Lipinski definition) is 0. The summed E-state index contributed by atoms with van der Waals surface area (Å²) in [5.74, 6) is 2.52. The molecule has 2 aromatic rings. The van der Waals surface area contributed by atoms with Crippen LogP contribution >= 0.6 is 11.6 Å². The maximum absolute atomic E-state index is 12.9. The molecule has 1 saturated heterocycles. The standard InChI is InChI=1S/C21H27ClN2O/c1-23-8-7-15-9-14(3-4-16(15)13-23)10-21(25)20-12-17-11-18(22)5-6-19(17)24(20)2/h5-6,11-12,14-16H,3-4,7-10,13H2,1-2H3/t14-,15+,16-/m1/s1. The van der Waals surface area contributed by atoms with Crippen LogP contribution in [-0.2, 0) is 7.05 Å². The molecule has 25 heavy (non-hydrogen) atoms. The fourth-order valence-corrected chi connectivity index (χ4v) is 5.22. The fraction of sp³-hybridized carbons (Fsp3) is 0.571. The van der Waals surface area contributed by atoms with Gasteiger partial charge in [0.25, 0.3) is 0 Å². The largest absolute Gasteiger partial charge is 0.341 e. The lowest BCUT2D eigenvalue weighted by atomic mass is 9.69. The van der Waals surface area contributed by atoms with Gasteiger partial charge in [0.15, 0.2) is 5.78 Å². The smallest absolute Gasteiger partial charge is 0.179 e. The van der Waals surface area contributed by atoms with Gasteiger partial charge in [-0.15, -0.1) is 0 Å². The highest BCUT2D eigenvalue weighted by Crippen LogP contribution is 2.40. The Morgan fingerprint density at radius 1 is 1.16 bits per heavy atom. The number of nitrogens with zero attached hydrogens (tertiary/aromatic N) is 2. The second-order valence-corrected chi connectivity index (χ2v) is 8.61. The van der Waals surface area contributed by atoms with Crippen molar-refractivity contribution >= 4 is 28.3 Å².